The molecule has 1 aliphatic rings. The number of nitrogens with zero attached hydrogens (tertiary/aromatic N) is 2. The number of carbonyl (C=O) groups excluding carboxylic acids is 1. The van der Waals surface area contributed by atoms with Gasteiger partial charge in [0.25, 0.3) is 5.91 Å². The number of ether oxygens (including phenoxy) is 1. The van der Waals surface area contributed by atoms with Gasteiger partial charge in [-0.2, -0.15) is 4.31 Å². The van der Waals surface area contributed by atoms with Gasteiger partial charge in [-0.1, -0.05) is 30.3 Å². The van der Waals surface area contributed by atoms with Gasteiger partial charge in [-0.05, 0) is 32.8 Å². The molecule has 0 unspecified atom stereocenters. The van der Waals surface area contributed by atoms with Crippen LogP contribution in [0.3, 0.4) is 0 Å². The zero-order valence-corrected chi connectivity index (χ0v) is 16.2. The van der Waals surface area contributed by atoms with Crippen LogP contribution >= 0.6 is 15.9 Å². The van der Waals surface area contributed by atoms with Gasteiger partial charge in [0.15, 0.2) is 6.61 Å². The van der Waals surface area contributed by atoms with Crippen molar-refractivity contribution in [1.82, 2.24) is 9.21 Å². The van der Waals surface area contributed by atoms with Crippen LogP contribution in [-0.4, -0.2) is 62.6 Å². The maximum atomic E-state index is 12.3. The van der Waals surface area contributed by atoms with Crippen LogP contribution in [0.1, 0.15) is 0 Å². The topological polar surface area (TPSA) is 66.9 Å². The van der Waals surface area contributed by atoms with Crippen LogP contribution in [0.5, 0.6) is 5.75 Å². The van der Waals surface area contributed by atoms with Crippen molar-refractivity contribution in [3.05, 3.63) is 40.9 Å². The van der Waals surface area contributed by atoms with E-state index >= 15 is 0 Å². The Morgan fingerprint density at radius 3 is 2.48 bits per heavy atom. The Kier molecular flexibility index (Phi) is 5.31. The zero-order chi connectivity index (χ0) is 18.0. The molecule has 8 heteroatoms. The van der Waals surface area contributed by atoms with E-state index in [1.807, 2.05) is 36.4 Å². The number of rotatable bonds is 4. The molecule has 0 atom stereocenters. The Labute approximate surface area is 155 Å². The first kappa shape index (κ1) is 18.2. The second-order valence-corrected chi connectivity index (χ2v) is 8.71. The molecule has 1 saturated heterocycles. The fourth-order valence-corrected chi connectivity index (χ4v) is 4.26. The number of hydrogen-bond donors (Lipinski definition) is 0. The van der Waals surface area contributed by atoms with Gasteiger partial charge >= 0.3 is 0 Å². The molecule has 0 aromatic heterocycles. The average Bonchev–Trinajstić information content (AvgIpc) is 2.60. The largest absolute Gasteiger partial charge is 0.483 e. The number of carbonyl (C=O) groups is 1. The summed E-state index contributed by atoms with van der Waals surface area (Å²) in [5.41, 5.74) is 0. The lowest BCUT2D eigenvalue weighted by Crippen LogP contribution is -2.51. The zero-order valence-electron chi connectivity index (χ0n) is 13.8. The molecule has 2 aromatic rings. The molecule has 0 N–H and O–H groups in total. The van der Waals surface area contributed by atoms with Crippen molar-refractivity contribution in [2.75, 3.05) is 39.0 Å². The number of hydrogen-bond acceptors (Lipinski definition) is 4. The normalized spacial score (nSPS) is 16.2. The van der Waals surface area contributed by atoms with Crippen molar-refractivity contribution in [2.24, 2.45) is 0 Å². The quantitative estimate of drug-likeness (QED) is 0.750. The SMILES string of the molecule is CS(=O)(=O)N1CCN(C(=O)COc2ccc3ccccc3c2Br)CC1. The molecule has 0 radical (unpaired) electrons. The summed E-state index contributed by atoms with van der Waals surface area (Å²) in [7, 11) is -3.20. The third kappa shape index (κ3) is 4.13. The summed E-state index contributed by atoms with van der Waals surface area (Å²) >= 11 is 3.53. The maximum Gasteiger partial charge on any atom is 0.260 e. The third-order valence-corrected chi connectivity index (χ3v) is 6.36. The van der Waals surface area contributed by atoms with Crippen LogP contribution in [0.15, 0.2) is 40.9 Å². The van der Waals surface area contributed by atoms with Gasteiger partial charge in [-0.3, -0.25) is 4.79 Å². The predicted octanol–water partition coefficient (Wildman–Crippen LogP) is 2.08. The molecular formula is C17H19BrN2O4S. The molecular weight excluding hydrogens is 408 g/mol. The summed E-state index contributed by atoms with van der Waals surface area (Å²) in [6.07, 6.45) is 1.19. The smallest absolute Gasteiger partial charge is 0.260 e. The molecule has 1 fully saturated rings. The molecule has 3 rings (SSSR count). The summed E-state index contributed by atoms with van der Waals surface area (Å²) in [6.45, 7) is 1.34. The second-order valence-electron chi connectivity index (χ2n) is 5.93. The molecule has 25 heavy (non-hydrogen) atoms. The Morgan fingerprint density at radius 1 is 1.12 bits per heavy atom. The molecule has 6 nitrogen and oxygen atoms in total. The summed E-state index contributed by atoms with van der Waals surface area (Å²) in [6, 6.07) is 11.7. The van der Waals surface area contributed by atoms with E-state index in [1.165, 1.54) is 10.6 Å². The monoisotopic (exact) mass is 426 g/mol. The van der Waals surface area contributed by atoms with E-state index in [4.69, 9.17) is 4.74 Å². The van der Waals surface area contributed by atoms with Crippen molar-refractivity contribution < 1.29 is 17.9 Å². The Balaban J connectivity index is 1.61. The fraction of sp³-hybridized carbons (Fsp3) is 0.353. The Morgan fingerprint density at radius 2 is 1.80 bits per heavy atom. The van der Waals surface area contributed by atoms with E-state index in [0.717, 1.165) is 15.2 Å². The summed E-state index contributed by atoms with van der Waals surface area (Å²) < 4.78 is 30.9. The van der Waals surface area contributed by atoms with Crippen molar-refractivity contribution >= 4 is 42.6 Å². The number of fused-ring (bicyclic) bond motifs is 1. The highest BCUT2D eigenvalue weighted by atomic mass is 79.9. The highest BCUT2D eigenvalue weighted by molar-refractivity contribution is 9.10. The van der Waals surface area contributed by atoms with Crippen LogP contribution in [0.2, 0.25) is 0 Å². The van der Waals surface area contributed by atoms with Gasteiger partial charge < -0.3 is 9.64 Å². The number of piperazine rings is 1. The minimum atomic E-state index is -3.20. The molecule has 1 heterocycles. The van der Waals surface area contributed by atoms with Gasteiger partial charge in [-0.15, -0.1) is 0 Å². The highest BCUT2D eigenvalue weighted by Gasteiger charge is 2.26. The Bertz CT molecular complexity index is 893. The lowest BCUT2D eigenvalue weighted by molar-refractivity contribution is -0.134. The van der Waals surface area contributed by atoms with Gasteiger partial charge in [0.1, 0.15) is 5.75 Å². The standard InChI is InChI=1S/C17H19BrN2O4S/c1-25(22,23)20-10-8-19(9-11-20)16(21)12-24-15-7-6-13-4-2-3-5-14(13)17(15)18/h2-7H,8-12H2,1H3. The van der Waals surface area contributed by atoms with Crippen LogP contribution in [0, 0.1) is 0 Å². The molecule has 2 aromatic carbocycles. The minimum absolute atomic E-state index is 0.0736. The van der Waals surface area contributed by atoms with Crippen LogP contribution in [0.4, 0.5) is 0 Å². The number of benzene rings is 2. The molecule has 1 amide bonds. The number of sulfonamides is 1. The van der Waals surface area contributed by atoms with E-state index in [2.05, 4.69) is 15.9 Å². The molecule has 0 saturated carbocycles. The Hall–Kier alpha value is -1.64. The van der Waals surface area contributed by atoms with E-state index in [-0.39, 0.29) is 12.5 Å². The van der Waals surface area contributed by atoms with E-state index in [0.29, 0.717) is 31.9 Å². The molecule has 1 aliphatic heterocycles. The van der Waals surface area contributed by atoms with Crippen LogP contribution in [-0.2, 0) is 14.8 Å². The predicted molar refractivity (Wildman–Crippen MR) is 100 cm³/mol. The van der Waals surface area contributed by atoms with Gasteiger partial charge in [0, 0.05) is 26.2 Å². The summed E-state index contributed by atoms with van der Waals surface area (Å²) in [4.78, 5) is 14.0. The van der Waals surface area contributed by atoms with E-state index in [1.54, 1.807) is 4.90 Å². The van der Waals surface area contributed by atoms with E-state index < -0.39 is 10.0 Å². The van der Waals surface area contributed by atoms with Gasteiger partial charge in [0.2, 0.25) is 10.0 Å². The molecule has 0 spiro atoms. The summed E-state index contributed by atoms with van der Waals surface area (Å²) in [5, 5.41) is 2.11. The van der Waals surface area contributed by atoms with E-state index in [9.17, 15) is 13.2 Å². The molecule has 0 bridgehead atoms. The fourth-order valence-electron chi connectivity index (χ4n) is 2.82. The highest BCUT2D eigenvalue weighted by Crippen LogP contribution is 2.33. The first-order chi connectivity index (χ1) is 11.9. The van der Waals surface area contributed by atoms with Crippen LogP contribution < -0.4 is 4.74 Å². The summed E-state index contributed by atoms with van der Waals surface area (Å²) in [5.74, 6) is 0.468. The van der Waals surface area contributed by atoms with Gasteiger partial charge in [-0.25, -0.2) is 8.42 Å². The van der Waals surface area contributed by atoms with Gasteiger partial charge in [0.05, 0.1) is 10.7 Å². The number of amides is 1. The first-order valence-electron chi connectivity index (χ1n) is 7.89. The van der Waals surface area contributed by atoms with Crippen LogP contribution in [0.25, 0.3) is 10.8 Å². The average molecular weight is 427 g/mol. The maximum absolute atomic E-state index is 12.3. The first-order valence-corrected chi connectivity index (χ1v) is 10.5. The number of halogens is 1. The third-order valence-electron chi connectivity index (χ3n) is 4.24. The van der Waals surface area contributed by atoms with Crippen molar-refractivity contribution in [1.29, 1.82) is 0 Å². The minimum Gasteiger partial charge on any atom is -0.483 e. The van der Waals surface area contributed by atoms with Crippen molar-refractivity contribution in [2.45, 2.75) is 0 Å². The lowest BCUT2D eigenvalue weighted by Gasteiger charge is -2.33. The van der Waals surface area contributed by atoms with Crippen molar-refractivity contribution in [3.63, 3.8) is 0 Å². The molecule has 0 aliphatic carbocycles. The lowest BCUT2D eigenvalue weighted by atomic mass is 10.1. The second kappa shape index (κ2) is 7.31. The molecule has 134 valence electrons. The van der Waals surface area contributed by atoms with Crippen molar-refractivity contribution in [3.8, 4) is 5.75 Å².